The highest BCUT2D eigenvalue weighted by Crippen LogP contribution is 2.17. The lowest BCUT2D eigenvalue weighted by Crippen LogP contribution is -2.31. The number of pyridine rings is 1. The van der Waals surface area contributed by atoms with Crippen molar-refractivity contribution in [3.8, 4) is 0 Å². The van der Waals surface area contributed by atoms with Crippen molar-refractivity contribution < 1.29 is 9.53 Å². The number of benzene rings is 1. The SMILES string of the molecule is COCCC(=O)N(Cc1ccccc1)c1ccncc1. The fraction of sp³-hybridized carbons (Fsp3) is 0.250. The number of hydrogen-bond donors (Lipinski definition) is 0. The van der Waals surface area contributed by atoms with E-state index in [0.717, 1.165) is 11.3 Å². The molecule has 0 spiro atoms. The topological polar surface area (TPSA) is 42.4 Å². The summed E-state index contributed by atoms with van der Waals surface area (Å²) in [4.78, 5) is 18.1. The Morgan fingerprint density at radius 3 is 2.50 bits per heavy atom. The highest BCUT2D eigenvalue weighted by atomic mass is 16.5. The molecule has 0 bridgehead atoms. The molecule has 0 aliphatic heterocycles. The van der Waals surface area contributed by atoms with Crippen LogP contribution in [0.1, 0.15) is 12.0 Å². The van der Waals surface area contributed by atoms with Crippen LogP contribution >= 0.6 is 0 Å². The molecule has 0 unspecified atom stereocenters. The summed E-state index contributed by atoms with van der Waals surface area (Å²) in [6, 6.07) is 13.6. The lowest BCUT2D eigenvalue weighted by Gasteiger charge is -2.22. The van der Waals surface area contributed by atoms with Crippen LogP contribution in [0.15, 0.2) is 54.9 Å². The minimum atomic E-state index is 0.0434. The minimum Gasteiger partial charge on any atom is -0.384 e. The van der Waals surface area contributed by atoms with Crippen molar-refractivity contribution in [1.29, 1.82) is 0 Å². The van der Waals surface area contributed by atoms with Crippen LogP contribution in [0.5, 0.6) is 0 Å². The Morgan fingerprint density at radius 1 is 1.15 bits per heavy atom. The number of methoxy groups -OCH3 is 1. The smallest absolute Gasteiger partial charge is 0.229 e. The molecular weight excluding hydrogens is 252 g/mol. The Kier molecular flexibility index (Phi) is 5.26. The first kappa shape index (κ1) is 14.2. The largest absolute Gasteiger partial charge is 0.384 e. The summed E-state index contributed by atoms with van der Waals surface area (Å²) in [5.41, 5.74) is 1.94. The van der Waals surface area contributed by atoms with E-state index in [4.69, 9.17) is 4.74 Å². The summed E-state index contributed by atoms with van der Waals surface area (Å²) in [6.45, 7) is 0.975. The third-order valence-corrected chi connectivity index (χ3v) is 2.98. The zero-order valence-electron chi connectivity index (χ0n) is 11.5. The van der Waals surface area contributed by atoms with E-state index in [0.29, 0.717) is 19.6 Å². The van der Waals surface area contributed by atoms with Gasteiger partial charge < -0.3 is 9.64 Å². The maximum absolute atomic E-state index is 12.3. The number of aromatic nitrogens is 1. The van der Waals surface area contributed by atoms with E-state index < -0.39 is 0 Å². The van der Waals surface area contributed by atoms with Crippen molar-refractivity contribution >= 4 is 11.6 Å². The zero-order chi connectivity index (χ0) is 14.2. The van der Waals surface area contributed by atoms with Gasteiger partial charge in [-0.05, 0) is 17.7 Å². The lowest BCUT2D eigenvalue weighted by molar-refractivity contribution is -0.119. The summed E-state index contributed by atoms with van der Waals surface area (Å²) in [6.07, 6.45) is 3.75. The Bertz CT molecular complexity index is 529. The number of hydrogen-bond acceptors (Lipinski definition) is 3. The van der Waals surface area contributed by atoms with Gasteiger partial charge in [-0.15, -0.1) is 0 Å². The summed E-state index contributed by atoms with van der Waals surface area (Å²) >= 11 is 0. The van der Waals surface area contributed by atoms with Gasteiger partial charge in [-0.25, -0.2) is 0 Å². The van der Waals surface area contributed by atoms with Gasteiger partial charge in [0.1, 0.15) is 0 Å². The van der Waals surface area contributed by atoms with E-state index in [1.165, 1.54) is 0 Å². The molecule has 0 fully saturated rings. The third kappa shape index (κ3) is 3.90. The maximum Gasteiger partial charge on any atom is 0.229 e. The molecule has 0 N–H and O–H groups in total. The molecule has 1 aromatic carbocycles. The van der Waals surface area contributed by atoms with E-state index in [9.17, 15) is 4.79 Å². The molecule has 0 aliphatic rings. The molecule has 1 amide bonds. The van der Waals surface area contributed by atoms with E-state index in [1.807, 2.05) is 42.5 Å². The van der Waals surface area contributed by atoms with Crippen molar-refractivity contribution in [2.75, 3.05) is 18.6 Å². The summed E-state index contributed by atoms with van der Waals surface area (Å²) in [5, 5.41) is 0. The van der Waals surface area contributed by atoms with Crippen molar-refractivity contribution in [2.24, 2.45) is 0 Å². The van der Waals surface area contributed by atoms with Gasteiger partial charge in [-0.3, -0.25) is 9.78 Å². The molecule has 104 valence electrons. The van der Waals surface area contributed by atoms with Gasteiger partial charge in [0.2, 0.25) is 5.91 Å². The van der Waals surface area contributed by atoms with Crippen LogP contribution in [-0.4, -0.2) is 24.6 Å². The average molecular weight is 270 g/mol. The quantitative estimate of drug-likeness (QED) is 0.810. The Balaban J connectivity index is 2.18. The van der Waals surface area contributed by atoms with Gasteiger partial charge in [0.25, 0.3) is 0 Å². The summed E-state index contributed by atoms with van der Waals surface area (Å²) < 4.78 is 4.99. The number of carbonyl (C=O) groups is 1. The molecule has 20 heavy (non-hydrogen) atoms. The van der Waals surface area contributed by atoms with Gasteiger partial charge in [-0.1, -0.05) is 30.3 Å². The second-order valence-electron chi connectivity index (χ2n) is 4.41. The molecule has 4 heteroatoms. The first-order valence-electron chi connectivity index (χ1n) is 6.54. The zero-order valence-corrected chi connectivity index (χ0v) is 11.5. The van der Waals surface area contributed by atoms with Gasteiger partial charge in [0.15, 0.2) is 0 Å². The molecular formula is C16H18N2O2. The molecule has 0 atom stereocenters. The van der Waals surface area contributed by atoms with Gasteiger partial charge in [0.05, 0.1) is 19.6 Å². The molecule has 0 radical (unpaired) electrons. The Labute approximate surface area is 119 Å². The predicted octanol–water partition coefficient (Wildman–Crippen LogP) is 2.65. The number of carbonyl (C=O) groups excluding carboxylic acids is 1. The minimum absolute atomic E-state index is 0.0434. The second-order valence-corrected chi connectivity index (χ2v) is 4.41. The molecule has 2 aromatic rings. The monoisotopic (exact) mass is 270 g/mol. The Hall–Kier alpha value is -2.20. The van der Waals surface area contributed by atoms with Gasteiger partial charge >= 0.3 is 0 Å². The van der Waals surface area contributed by atoms with Crippen molar-refractivity contribution in [3.05, 3.63) is 60.4 Å². The van der Waals surface area contributed by atoms with Crippen LogP contribution in [0, 0.1) is 0 Å². The molecule has 2 rings (SSSR count). The average Bonchev–Trinajstić information content (AvgIpc) is 2.52. The van der Waals surface area contributed by atoms with Crippen LogP contribution in [0.25, 0.3) is 0 Å². The highest BCUT2D eigenvalue weighted by Gasteiger charge is 2.15. The van der Waals surface area contributed by atoms with E-state index >= 15 is 0 Å². The molecule has 1 aromatic heterocycles. The predicted molar refractivity (Wildman–Crippen MR) is 78.4 cm³/mol. The highest BCUT2D eigenvalue weighted by molar-refractivity contribution is 5.93. The van der Waals surface area contributed by atoms with Crippen LogP contribution in [-0.2, 0) is 16.1 Å². The van der Waals surface area contributed by atoms with Gasteiger partial charge in [0, 0.05) is 25.2 Å². The first-order valence-corrected chi connectivity index (χ1v) is 6.54. The molecule has 0 saturated heterocycles. The summed E-state index contributed by atoms with van der Waals surface area (Å²) in [7, 11) is 1.60. The van der Waals surface area contributed by atoms with Crippen LogP contribution in [0.3, 0.4) is 0 Å². The summed E-state index contributed by atoms with van der Waals surface area (Å²) in [5.74, 6) is 0.0434. The number of amides is 1. The van der Waals surface area contributed by atoms with E-state index in [1.54, 1.807) is 24.4 Å². The standard InChI is InChI=1S/C16H18N2O2/c1-20-12-9-16(19)18(15-7-10-17-11-8-15)13-14-5-3-2-4-6-14/h2-8,10-11H,9,12-13H2,1H3. The van der Waals surface area contributed by atoms with E-state index in [-0.39, 0.29) is 5.91 Å². The van der Waals surface area contributed by atoms with Crippen LogP contribution in [0.2, 0.25) is 0 Å². The van der Waals surface area contributed by atoms with Crippen molar-refractivity contribution in [1.82, 2.24) is 4.98 Å². The van der Waals surface area contributed by atoms with Crippen LogP contribution < -0.4 is 4.90 Å². The number of rotatable bonds is 6. The molecule has 0 aliphatic carbocycles. The number of anilines is 1. The Morgan fingerprint density at radius 2 is 1.85 bits per heavy atom. The third-order valence-electron chi connectivity index (χ3n) is 2.98. The normalized spacial score (nSPS) is 10.2. The fourth-order valence-electron chi connectivity index (χ4n) is 1.94. The van der Waals surface area contributed by atoms with Gasteiger partial charge in [-0.2, -0.15) is 0 Å². The van der Waals surface area contributed by atoms with Crippen molar-refractivity contribution in [2.45, 2.75) is 13.0 Å². The number of ether oxygens (including phenoxy) is 1. The number of nitrogens with zero attached hydrogens (tertiary/aromatic N) is 2. The molecule has 4 nitrogen and oxygen atoms in total. The lowest BCUT2D eigenvalue weighted by atomic mass is 10.2. The second kappa shape index (κ2) is 7.40. The fourth-order valence-corrected chi connectivity index (χ4v) is 1.94. The van der Waals surface area contributed by atoms with Crippen molar-refractivity contribution in [3.63, 3.8) is 0 Å². The van der Waals surface area contributed by atoms with Crippen LogP contribution in [0.4, 0.5) is 5.69 Å². The maximum atomic E-state index is 12.3. The molecule has 0 saturated carbocycles. The first-order chi connectivity index (χ1) is 9.81. The molecule has 1 heterocycles. The van der Waals surface area contributed by atoms with E-state index in [2.05, 4.69) is 4.98 Å².